The number of aromatic nitrogens is 2. The summed E-state index contributed by atoms with van der Waals surface area (Å²) in [5.74, 6) is 1.61. The van der Waals surface area contributed by atoms with Gasteiger partial charge in [0.2, 0.25) is 5.82 Å². The van der Waals surface area contributed by atoms with Crippen molar-refractivity contribution in [3.63, 3.8) is 0 Å². The minimum absolute atomic E-state index is 0.0516. The predicted octanol–water partition coefficient (Wildman–Crippen LogP) is 3.21. The van der Waals surface area contributed by atoms with Gasteiger partial charge in [-0.05, 0) is 36.6 Å². The molecule has 0 atom stereocenters. The van der Waals surface area contributed by atoms with E-state index in [1.54, 1.807) is 16.2 Å². The van der Waals surface area contributed by atoms with Crippen LogP contribution in [0.15, 0.2) is 39.5 Å². The molecule has 2 aromatic heterocycles. The maximum atomic E-state index is 11.9. The monoisotopic (exact) mass is 327 g/mol. The minimum Gasteiger partial charge on any atom is -0.482 e. The summed E-state index contributed by atoms with van der Waals surface area (Å²) >= 11 is 1.57. The quantitative estimate of drug-likeness (QED) is 0.739. The summed E-state index contributed by atoms with van der Waals surface area (Å²) in [6.45, 7) is 2.60. The van der Waals surface area contributed by atoms with Gasteiger partial charge in [-0.2, -0.15) is 16.3 Å². The van der Waals surface area contributed by atoms with Gasteiger partial charge < -0.3 is 14.2 Å². The van der Waals surface area contributed by atoms with Gasteiger partial charge >= 0.3 is 0 Å². The van der Waals surface area contributed by atoms with Gasteiger partial charge in [-0.1, -0.05) is 5.16 Å². The van der Waals surface area contributed by atoms with Crippen LogP contribution in [0.3, 0.4) is 0 Å². The largest absolute Gasteiger partial charge is 0.482 e. The van der Waals surface area contributed by atoms with Gasteiger partial charge in [-0.15, -0.1) is 0 Å². The van der Waals surface area contributed by atoms with Crippen LogP contribution < -0.4 is 9.64 Å². The molecule has 6 nitrogen and oxygen atoms in total. The molecule has 0 saturated carbocycles. The first kappa shape index (κ1) is 14.0. The van der Waals surface area contributed by atoms with Crippen molar-refractivity contribution >= 4 is 22.9 Å². The molecule has 1 amide bonds. The molecule has 0 fully saturated rings. The number of fused-ring (bicyclic) bond motifs is 1. The van der Waals surface area contributed by atoms with E-state index in [2.05, 4.69) is 10.1 Å². The third-order valence-electron chi connectivity index (χ3n) is 3.67. The standard InChI is InChI=1S/C16H13N3O3S/c1-2-19-12-7-10(3-4-13(12)21-8-14(19)20)15-17-16(22-18-15)11-5-6-23-9-11/h3-7,9H,2,8H2,1H3. The molecule has 1 aliphatic heterocycles. The van der Waals surface area contributed by atoms with Crippen molar-refractivity contribution in [2.24, 2.45) is 0 Å². The van der Waals surface area contributed by atoms with Gasteiger partial charge in [0.25, 0.3) is 11.8 Å². The molecule has 0 bridgehead atoms. The van der Waals surface area contributed by atoms with E-state index in [9.17, 15) is 4.79 Å². The Bertz CT molecular complexity index is 857. The van der Waals surface area contributed by atoms with Gasteiger partial charge in [-0.25, -0.2) is 0 Å². The van der Waals surface area contributed by atoms with E-state index in [4.69, 9.17) is 9.26 Å². The van der Waals surface area contributed by atoms with Crippen LogP contribution in [0.4, 0.5) is 5.69 Å². The molecule has 3 heterocycles. The molecule has 0 saturated heterocycles. The normalized spacial score (nSPS) is 13.8. The van der Waals surface area contributed by atoms with E-state index in [1.807, 2.05) is 41.9 Å². The Labute approximate surface area is 136 Å². The molecule has 4 rings (SSSR count). The fourth-order valence-corrected chi connectivity index (χ4v) is 3.16. The fraction of sp³-hybridized carbons (Fsp3) is 0.188. The molecule has 23 heavy (non-hydrogen) atoms. The first-order chi connectivity index (χ1) is 11.3. The summed E-state index contributed by atoms with van der Waals surface area (Å²) in [6.07, 6.45) is 0. The van der Waals surface area contributed by atoms with E-state index in [0.717, 1.165) is 16.8 Å². The fourth-order valence-electron chi connectivity index (χ4n) is 2.53. The second-order valence-corrected chi connectivity index (χ2v) is 5.82. The highest BCUT2D eigenvalue weighted by molar-refractivity contribution is 7.08. The van der Waals surface area contributed by atoms with Gasteiger partial charge in [0.1, 0.15) is 5.75 Å². The molecule has 116 valence electrons. The van der Waals surface area contributed by atoms with Gasteiger partial charge in [0.15, 0.2) is 6.61 Å². The number of carbonyl (C=O) groups excluding carboxylic acids is 1. The molecule has 0 N–H and O–H groups in total. The Hall–Kier alpha value is -2.67. The first-order valence-corrected chi connectivity index (χ1v) is 8.14. The number of anilines is 1. The lowest BCUT2D eigenvalue weighted by atomic mass is 10.1. The molecule has 3 aromatic rings. The molecule has 0 radical (unpaired) electrons. The third-order valence-corrected chi connectivity index (χ3v) is 4.35. The van der Waals surface area contributed by atoms with Crippen molar-refractivity contribution in [3.05, 3.63) is 35.0 Å². The van der Waals surface area contributed by atoms with Crippen LogP contribution in [0, 0.1) is 0 Å². The maximum Gasteiger partial charge on any atom is 0.265 e. The number of benzene rings is 1. The number of likely N-dealkylation sites (N-methyl/N-ethyl adjacent to an activating group) is 1. The number of hydrogen-bond acceptors (Lipinski definition) is 6. The molecule has 1 aromatic carbocycles. The summed E-state index contributed by atoms with van der Waals surface area (Å²) in [7, 11) is 0. The van der Waals surface area contributed by atoms with Crippen LogP contribution in [0.25, 0.3) is 22.8 Å². The van der Waals surface area contributed by atoms with E-state index in [1.165, 1.54) is 0 Å². The highest BCUT2D eigenvalue weighted by Crippen LogP contribution is 2.35. The zero-order chi connectivity index (χ0) is 15.8. The summed E-state index contributed by atoms with van der Waals surface area (Å²) in [5.41, 5.74) is 2.43. The van der Waals surface area contributed by atoms with E-state index >= 15 is 0 Å². The van der Waals surface area contributed by atoms with Gasteiger partial charge in [0.05, 0.1) is 11.3 Å². The lowest BCUT2D eigenvalue weighted by Gasteiger charge is -2.28. The van der Waals surface area contributed by atoms with Crippen molar-refractivity contribution in [2.45, 2.75) is 6.92 Å². The third kappa shape index (κ3) is 2.39. The molecule has 7 heteroatoms. The molecule has 0 aliphatic carbocycles. The Kier molecular flexibility index (Phi) is 3.34. The summed E-state index contributed by atoms with van der Waals surface area (Å²) in [5, 5.41) is 7.95. The van der Waals surface area contributed by atoms with Crippen LogP contribution >= 0.6 is 11.3 Å². The molecular formula is C16H13N3O3S. The number of amides is 1. The molecule has 1 aliphatic rings. The Balaban J connectivity index is 1.73. The van der Waals surface area contributed by atoms with E-state index in [-0.39, 0.29) is 12.5 Å². The predicted molar refractivity (Wildman–Crippen MR) is 86.6 cm³/mol. The van der Waals surface area contributed by atoms with Crippen molar-refractivity contribution < 1.29 is 14.1 Å². The Morgan fingerprint density at radius 1 is 1.30 bits per heavy atom. The van der Waals surface area contributed by atoms with E-state index in [0.29, 0.717) is 24.0 Å². The van der Waals surface area contributed by atoms with Crippen LogP contribution in [-0.4, -0.2) is 29.2 Å². The summed E-state index contributed by atoms with van der Waals surface area (Å²) in [6, 6.07) is 7.49. The Morgan fingerprint density at radius 3 is 3.00 bits per heavy atom. The topological polar surface area (TPSA) is 68.5 Å². The Morgan fingerprint density at radius 2 is 2.22 bits per heavy atom. The molecule has 0 spiro atoms. The maximum absolute atomic E-state index is 11.9. The lowest BCUT2D eigenvalue weighted by Crippen LogP contribution is -2.38. The van der Waals surface area contributed by atoms with Crippen LogP contribution in [0.1, 0.15) is 6.92 Å². The second kappa shape index (κ2) is 5.51. The minimum atomic E-state index is -0.0516. The average molecular weight is 327 g/mol. The number of carbonyl (C=O) groups is 1. The van der Waals surface area contributed by atoms with Gasteiger partial charge in [0, 0.05) is 17.5 Å². The summed E-state index contributed by atoms with van der Waals surface area (Å²) in [4.78, 5) is 18.1. The number of hydrogen-bond donors (Lipinski definition) is 0. The zero-order valence-corrected chi connectivity index (χ0v) is 13.2. The van der Waals surface area contributed by atoms with Crippen molar-refractivity contribution in [3.8, 4) is 28.6 Å². The number of nitrogens with zero attached hydrogens (tertiary/aromatic N) is 3. The lowest BCUT2D eigenvalue weighted by molar-refractivity contribution is -0.121. The number of thiophene rings is 1. The van der Waals surface area contributed by atoms with Gasteiger partial charge in [-0.3, -0.25) is 4.79 Å². The number of rotatable bonds is 3. The molecular weight excluding hydrogens is 314 g/mol. The average Bonchev–Trinajstić information content (AvgIpc) is 3.25. The zero-order valence-electron chi connectivity index (χ0n) is 12.4. The van der Waals surface area contributed by atoms with Crippen LogP contribution in [0.5, 0.6) is 5.75 Å². The highest BCUT2D eigenvalue weighted by Gasteiger charge is 2.25. The first-order valence-electron chi connectivity index (χ1n) is 7.20. The number of ether oxygens (including phenoxy) is 1. The highest BCUT2D eigenvalue weighted by atomic mass is 32.1. The van der Waals surface area contributed by atoms with E-state index < -0.39 is 0 Å². The van der Waals surface area contributed by atoms with Crippen molar-refractivity contribution in [1.82, 2.24) is 10.1 Å². The van der Waals surface area contributed by atoms with Crippen molar-refractivity contribution in [1.29, 1.82) is 0 Å². The van der Waals surface area contributed by atoms with Crippen LogP contribution in [0.2, 0.25) is 0 Å². The SMILES string of the molecule is CCN1C(=O)COc2ccc(-c3noc(-c4ccsc4)n3)cc21. The second-order valence-electron chi connectivity index (χ2n) is 5.04. The summed E-state index contributed by atoms with van der Waals surface area (Å²) < 4.78 is 10.8. The smallest absolute Gasteiger partial charge is 0.265 e. The van der Waals surface area contributed by atoms with Crippen molar-refractivity contribution in [2.75, 3.05) is 18.1 Å². The molecule has 0 unspecified atom stereocenters. The van der Waals surface area contributed by atoms with Crippen LogP contribution in [-0.2, 0) is 4.79 Å².